The van der Waals surface area contributed by atoms with Crippen molar-refractivity contribution in [3.05, 3.63) is 72.3 Å². The normalized spacial score (nSPS) is 10.1. The third-order valence-corrected chi connectivity index (χ3v) is 4.16. The summed E-state index contributed by atoms with van der Waals surface area (Å²) in [6.45, 7) is 6.68. The largest absolute Gasteiger partial charge is 0.493 e. The molecule has 29 heavy (non-hydrogen) atoms. The fourth-order valence-corrected chi connectivity index (χ4v) is 2.60. The molecule has 6 nitrogen and oxygen atoms in total. The molecule has 0 saturated carbocycles. The number of carbonyl (C=O) groups is 2. The first-order valence-electron chi connectivity index (χ1n) is 9.82. The highest BCUT2D eigenvalue weighted by molar-refractivity contribution is 6.00. The summed E-state index contributed by atoms with van der Waals surface area (Å²) < 4.78 is 11.1. The van der Waals surface area contributed by atoms with Gasteiger partial charge < -0.3 is 9.47 Å². The van der Waals surface area contributed by atoms with Crippen LogP contribution in [0.1, 0.15) is 53.3 Å². The summed E-state index contributed by atoms with van der Waals surface area (Å²) in [5, 5.41) is 0. The zero-order chi connectivity index (χ0) is 20.9. The van der Waals surface area contributed by atoms with Crippen molar-refractivity contribution in [3.8, 4) is 11.5 Å². The monoisotopic (exact) mass is 396 g/mol. The maximum absolute atomic E-state index is 12.5. The molecule has 0 spiro atoms. The van der Waals surface area contributed by atoms with Gasteiger partial charge in [-0.3, -0.25) is 20.4 Å². The Morgan fingerprint density at radius 1 is 0.931 bits per heavy atom. The van der Waals surface area contributed by atoms with Crippen LogP contribution in [0.5, 0.6) is 11.5 Å². The Morgan fingerprint density at radius 2 is 1.66 bits per heavy atom. The third kappa shape index (κ3) is 7.33. The van der Waals surface area contributed by atoms with Crippen LogP contribution >= 0.6 is 0 Å². The number of ether oxygens (including phenoxy) is 2. The number of benzene rings is 2. The molecule has 0 saturated heterocycles. The lowest BCUT2D eigenvalue weighted by Crippen LogP contribution is -2.41. The first kappa shape index (κ1) is 22.0. The Balaban J connectivity index is 1.88. The van der Waals surface area contributed by atoms with E-state index in [9.17, 15) is 9.59 Å². The zero-order valence-electron chi connectivity index (χ0n) is 16.8. The van der Waals surface area contributed by atoms with Crippen LogP contribution in [0.4, 0.5) is 0 Å². The Bertz CT molecular complexity index is 803. The summed E-state index contributed by atoms with van der Waals surface area (Å²) in [5.74, 6) is 0.273. The minimum Gasteiger partial charge on any atom is -0.493 e. The van der Waals surface area contributed by atoms with Crippen molar-refractivity contribution in [2.75, 3.05) is 13.2 Å². The molecule has 0 aromatic heterocycles. The van der Waals surface area contributed by atoms with Gasteiger partial charge in [0, 0.05) is 5.56 Å². The topological polar surface area (TPSA) is 76.7 Å². The van der Waals surface area contributed by atoms with Crippen molar-refractivity contribution in [1.29, 1.82) is 0 Å². The predicted molar refractivity (Wildman–Crippen MR) is 113 cm³/mol. The lowest BCUT2D eigenvalue weighted by molar-refractivity contribution is 0.0844. The summed E-state index contributed by atoms with van der Waals surface area (Å²) >= 11 is 0. The number of carbonyl (C=O) groups excluding carboxylic acids is 2. The summed E-state index contributed by atoms with van der Waals surface area (Å²) in [6.07, 6.45) is 6.00. The van der Waals surface area contributed by atoms with Crippen molar-refractivity contribution in [1.82, 2.24) is 10.9 Å². The van der Waals surface area contributed by atoms with Gasteiger partial charge in [0.15, 0.2) is 0 Å². The lowest BCUT2D eigenvalue weighted by Gasteiger charge is -2.12. The smallest absolute Gasteiger partial charge is 0.273 e. The summed E-state index contributed by atoms with van der Waals surface area (Å²) in [4.78, 5) is 24.7. The molecular formula is C23H28N2O4. The molecule has 0 aliphatic rings. The first-order chi connectivity index (χ1) is 14.2. The van der Waals surface area contributed by atoms with Crippen molar-refractivity contribution < 1.29 is 19.1 Å². The summed E-state index contributed by atoms with van der Waals surface area (Å²) in [6, 6.07) is 13.6. The summed E-state index contributed by atoms with van der Waals surface area (Å²) in [7, 11) is 0. The minimum absolute atomic E-state index is 0.372. The van der Waals surface area contributed by atoms with E-state index in [0.29, 0.717) is 35.8 Å². The Hall–Kier alpha value is -3.28. The van der Waals surface area contributed by atoms with E-state index < -0.39 is 11.8 Å². The van der Waals surface area contributed by atoms with Crippen LogP contribution in [0, 0.1) is 0 Å². The van der Waals surface area contributed by atoms with Gasteiger partial charge >= 0.3 is 0 Å². The number of hydrogen-bond acceptors (Lipinski definition) is 4. The van der Waals surface area contributed by atoms with Gasteiger partial charge in [-0.15, -0.1) is 0 Å². The Labute approximate surface area is 171 Å². The quantitative estimate of drug-likeness (QED) is 0.338. The van der Waals surface area contributed by atoms with Crippen LogP contribution in [0.25, 0.3) is 0 Å². The molecule has 2 aromatic carbocycles. The molecule has 6 heteroatoms. The van der Waals surface area contributed by atoms with Crippen LogP contribution in [-0.4, -0.2) is 25.0 Å². The predicted octanol–water partition coefficient (Wildman–Crippen LogP) is 4.29. The van der Waals surface area contributed by atoms with E-state index in [1.54, 1.807) is 48.5 Å². The third-order valence-electron chi connectivity index (χ3n) is 4.16. The van der Waals surface area contributed by atoms with Gasteiger partial charge in [-0.2, -0.15) is 0 Å². The molecule has 0 aliphatic heterocycles. The van der Waals surface area contributed by atoms with E-state index in [4.69, 9.17) is 9.47 Å². The van der Waals surface area contributed by atoms with Crippen molar-refractivity contribution in [3.63, 3.8) is 0 Å². The molecule has 0 fully saturated rings. The fraction of sp³-hybridized carbons (Fsp3) is 0.304. The molecule has 0 unspecified atom stereocenters. The molecule has 154 valence electrons. The highest BCUT2D eigenvalue weighted by Gasteiger charge is 2.13. The Morgan fingerprint density at radius 3 is 2.38 bits per heavy atom. The number of amides is 2. The number of rotatable bonds is 11. The molecule has 2 rings (SSSR count). The van der Waals surface area contributed by atoms with Gasteiger partial charge in [-0.25, -0.2) is 0 Å². The van der Waals surface area contributed by atoms with E-state index in [2.05, 4.69) is 24.4 Å². The van der Waals surface area contributed by atoms with Gasteiger partial charge in [-0.05, 0) is 42.8 Å². The van der Waals surface area contributed by atoms with E-state index in [-0.39, 0.29) is 0 Å². The Kier molecular flexibility index (Phi) is 9.29. The van der Waals surface area contributed by atoms with E-state index in [0.717, 1.165) is 19.3 Å². The van der Waals surface area contributed by atoms with E-state index in [1.165, 1.54) is 6.42 Å². The number of para-hydroxylation sites is 1. The first-order valence-corrected chi connectivity index (χ1v) is 9.82. The van der Waals surface area contributed by atoms with Crippen LogP contribution in [-0.2, 0) is 0 Å². The molecule has 0 radical (unpaired) electrons. The number of unbranched alkanes of at least 4 members (excludes halogenated alkanes) is 3. The summed E-state index contributed by atoms with van der Waals surface area (Å²) in [5.41, 5.74) is 5.63. The van der Waals surface area contributed by atoms with Gasteiger partial charge in [-0.1, -0.05) is 51.0 Å². The van der Waals surface area contributed by atoms with Crippen molar-refractivity contribution in [2.45, 2.75) is 32.6 Å². The molecule has 2 N–H and O–H groups in total. The van der Waals surface area contributed by atoms with Crippen LogP contribution in [0.15, 0.2) is 61.2 Å². The molecule has 0 aliphatic carbocycles. The van der Waals surface area contributed by atoms with Crippen molar-refractivity contribution in [2.24, 2.45) is 0 Å². The zero-order valence-corrected chi connectivity index (χ0v) is 16.8. The van der Waals surface area contributed by atoms with E-state index >= 15 is 0 Å². The van der Waals surface area contributed by atoms with Crippen LogP contribution in [0.2, 0.25) is 0 Å². The number of hydrogen-bond donors (Lipinski definition) is 2. The molecule has 0 heterocycles. The lowest BCUT2D eigenvalue weighted by atomic mass is 10.2. The van der Waals surface area contributed by atoms with Crippen LogP contribution in [0.3, 0.4) is 0 Å². The van der Waals surface area contributed by atoms with Crippen LogP contribution < -0.4 is 20.3 Å². The SMILES string of the molecule is C=CCOc1ccc(C(=O)NNC(=O)c2ccccc2OCCCCCC)cc1. The van der Waals surface area contributed by atoms with E-state index in [1.807, 2.05) is 6.07 Å². The minimum atomic E-state index is -0.437. The van der Waals surface area contributed by atoms with Gasteiger partial charge in [0.2, 0.25) is 0 Å². The maximum Gasteiger partial charge on any atom is 0.273 e. The van der Waals surface area contributed by atoms with Gasteiger partial charge in [0.05, 0.1) is 12.2 Å². The molecular weight excluding hydrogens is 368 g/mol. The molecule has 2 aromatic rings. The maximum atomic E-state index is 12.5. The van der Waals surface area contributed by atoms with Gasteiger partial charge in [0.1, 0.15) is 18.1 Å². The second-order valence-electron chi connectivity index (χ2n) is 6.44. The number of nitrogens with one attached hydrogen (secondary N) is 2. The molecule has 2 amide bonds. The highest BCUT2D eigenvalue weighted by Crippen LogP contribution is 2.18. The fourth-order valence-electron chi connectivity index (χ4n) is 2.60. The number of hydrazine groups is 1. The van der Waals surface area contributed by atoms with Gasteiger partial charge in [0.25, 0.3) is 11.8 Å². The molecule has 0 atom stereocenters. The average molecular weight is 396 g/mol. The standard InChI is InChI=1S/C23H28N2O4/c1-3-5-6-9-17-29-21-11-8-7-10-20(21)23(27)25-24-22(26)18-12-14-19(15-13-18)28-16-4-2/h4,7-8,10-15H,2-3,5-6,9,16-17H2,1H3,(H,24,26)(H,25,27). The average Bonchev–Trinajstić information content (AvgIpc) is 2.76. The molecule has 0 bridgehead atoms. The second-order valence-corrected chi connectivity index (χ2v) is 6.44. The highest BCUT2D eigenvalue weighted by atomic mass is 16.5. The second kappa shape index (κ2) is 12.2. The van der Waals surface area contributed by atoms with Crippen molar-refractivity contribution >= 4 is 11.8 Å².